The molecule has 0 saturated carbocycles. The monoisotopic (exact) mass is 400 g/mol. The Balaban J connectivity index is 1.67. The number of halogens is 2. The van der Waals surface area contributed by atoms with E-state index in [0.717, 1.165) is 30.9 Å². The second kappa shape index (κ2) is 7.88. The Labute approximate surface area is 165 Å². The van der Waals surface area contributed by atoms with Gasteiger partial charge in [0, 0.05) is 24.5 Å². The zero-order valence-electron chi connectivity index (χ0n) is 15.3. The molecule has 3 N–H and O–H groups in total. The van der Waals surface area contributed by atoms with Gasteiger partial charge in [-0.3, -0.25) is 4.79 Å². The van der Waals surface area contributed by atoms with E-state index in [4.69, 9.17) is 14.9 Å². The second-order valence-electron chi connectivity index (χ2n) is 6.43. The van der Waals surface area contributed by atoms with Crippen LogP contribution in [0.2, 0.25) is 0 Å². The van der Waals surface area contributed by atoms with E-state index in [1.54, 1.807) is 6.07 Å². The Hall–Kier alpha value is -3.46. The summed E-state index contributed by atoms with van der Waals surface area (Å²) in [6.45, 7) is 2.80. The first kappa shape index (κ1) is 18.9. The first-order valence-electron chi connectivity index (χ1n) is 8.98. The van der Waals surface area contributed by atoms with Gasteiger partial charge in [0.05, 0.1) is 13.2 Å². The number of nitrogens with two attached hydrogens (primary N) is 1. The molecule has 3 aromatic rings. The fourth-order valence-corrected chi connectivity index (χ4v) is 3.11. The molecule has 0 unspecified atom stereocenters. The van der Waals surface area contributed by atoms with Gasteiger partial charge in [-0.05, 0) is 30.3 Å². The maximum absolute atomic E-state index is 14.1. The second-order valence-corrected chi connectivity index (χ2v) is 6.43. The third-order valence-electron chi connectivity index (χ3n) is 4.52. The highest BCUT2D eigenvalue weighted by Gasteiger charge is 2.23. The number of nitrogens with zero attached hydrogens (tertiary/aromatic N) is 2. The fraction of sp³-hybridized carbons (Fsp3) is 0.200. The highest BCUT2D eigenvalue weighted by molar-refractivity contribution is 5.96. The molecule has 0 aliphatic carbocycles. The van der Waals surface area contributed by atoms with Crippen molar-refractivity contribution >= 4 is 23.2 Å². The molecular formula is C20H18F2N4O3. The van der Waals surface area contributed by atoms with Gasteiger partial charge in [-0.2, -0.15) is 0 Å². The molecule has 1 aliphatic heterocycles. The van der Waals surface area contributed by atoms with Gasteiger partial charge in [0.25, 0.3) is 5.91 Å². The highest BCUT2D eigenvalue weighted by Crippen LogP contribution is 2.32. The number of carbonyl (C=O) groups is 1. The molecule has 4 rings (SSSR count). The topological polar surface area (TPSA) is 93.6 Å². The average Bonchev–Trinajstić information content (AvgIpc) is 3.12. The summed E-state index contributed by atoms with van der Waals surface area (Å²) in [4.78, 5) is 17.8. The summed E-state index contributed by atoms with van der Waals surface area (Å²) in [7, 11) is 0. The first-order valence-corrected chi connectivity index (χ1v) is 8.98. The largest absolute Gasteiger partial charge is 0.419 e. The number of benzene rings is 2. The molecule has 0 atom stereocenters. The summed E-state index contributed by atoms with van der Waals surface area (Å²) >= 11 is 0. The molecule has 2 heterocycles. The van der Waals surface area contributed by atoms with Gasteiger partial charge < -0.3 is 25.1 Å². The van der Waals surface area contributed by atoms with Crippen LogP contribution in [0.3, 0.4) is 0 Å². The Morgan fingerprint density at radius 1 is 1.10 bits per heavy atom. The molecule has 0 radical (unpaired) electrons. The van der Waals surface area contributed by atoms with Crippen molar-refractivity contribution in [2.45, 2.75) is 0 Å². The lowest BCUT2D eigenvalue weighted by atomic mass is 10.2. The Kier molecular flexibility index (Phi) is 5.13. The van der Waals surface area contributed by atoms with Crippen LogP contribution in [0.15, 0.2) is 46.9 Å². The number of hydrogen-bond donors (Lipinski definition) is 2. The van der Waals surface area contributed by atoms with Crippen LogP contribution in [-0.2, 0) is 4.74 Å². The molecule has 1 aliphatic rings. The predicted octanol–water partition coefficient (Wildman–Crippen LogP) is 3.30. The molecule has 1 saturated heterocycles. The molecule has 1 fully saturated rings. The minimum absolute atomic E-state index is 0.0886. The van der Waals surface area contributed by atoms with Gasteiger partial charge in [0.2, 0.25) is 11.8 Å². The van der Waals surface area contributed by atoms with E-state index in [2.05, 4.69) is 15.2 Å². The van der Waals surface area contributed by atoms with Crippen molar-refractivity contribution in [1.29, 1.82) is 0 Å². The first-order chi connectivity index (χ1) is 14.0. The molecule has 0 bridgehead atoms. The summed E-state index contributed by atoms with van der Waals surface area (Å²) in [6, 6.07) is 10.8. The van der Waals surface area contributed by atoms with Crippen LogP contribution in [-0.4, -0.2) is 37.2 Å². The Morgan fingerprint density at radius 2 is 1.79 bits per heavy atom. The van der Waals surface area contributed by atoms with Crippen LogP contribution in [0, 0.1) is 11.6 Å². The number of aromatic nitrogens is 1. The van der Waals surface area contributed by atoms with Crippen LogP contribution in [0.4, 0.5) is 26.0 Å². The molecular weight excluding hydrogens is 382 g/mol. The number of oxazole rings is 1. The number of carbonyl (C=O) groups excluding carboxylic acids is 1. The van der Waals surface area contributed by atoms with E-state index in [-0.39, 0.29) is 17.5 Å². The third-order valence-corrected chi connectivity index (χ3v) is 4.52. The van der Waals surface area contributed by atoms with E-state index in [0.29, 0.717) is 18.9 Å². The Bertz CT molecular complexity index is 1030. The molecule has 2 aromatic carbocycles. The number of primary amides is 1. The van der Waals surface area contributed by atoms with E-state index >= 15 is 0 Å². The zero-order chi connectivity index (χ0) is 20.4. The van der Waals surface area contributed by atoms with Crippen molar-refractivity contribution in [3.8, 4) is 11.5 Å². The molecule has 7 nitrogen and oxygen atoms in total. The number of hydrogen-bond acceptors (Lipinski definition) is 6. The highest BCUT2D eigenvalue weighted by atomic mass is 19.1. The SMILES string of the molecule is NC(=O)c1nc(-c2c(F)cccc2F)oc1Nc1cccc(N2CCOCC2)c1. The van der Waals surface area contributed by atoms with Crippen molar-refractivity contribution < 1.29 is 22.7 Å². The van der Waals surface area contributed by atoms with Crippen molar-refractivity contribution in [1.82, 2.24) is 4.98 Å². The lowest BCUT2D eigenvalue weighted by molar-refractivity contribution is 0.0996. The van der Waals surface area contributed by atoms with E-state index in [9.17, 15) is 13.6 Å². The van der Waals surface area contributed by atoms with Crippen LogP contribution < -0.4 is 16.0 Å². The van der Waals surface area contributed by atoms with Crippen molar-refractivity contribution in [3.05, 3.63) is 59.8 Å². The number of morpholine rings is 1. The summed E-state index contributed by atoms with van der Waals surface area (Å²) in [5.41, 5.74) is 6.22. The smallest absolute Gasteiger partial charge is 0.273 e. The number of amides is 1. The van der Waals surface area contributed by atoms with Gasteiger partial charge in [-0.25, -0.2) is 13.8 Å². The fourth-order valence-electron chi connectivity index (χ4n) is 3.11. The number of nitrogens with one attached hydrogen (secondary N) is 1. The van der Waals surface area contributed by atoms with Crippen LogP contribution in [0.1, 0.15) is 10.5 Å². The average molecular weight is 400 g/mol. The standard InChI is InChI=1S/C20H18F2N4O3/c21-14-5-2-6-15(22)16(14)19-25-17(18(23)27)20(29-19)24-12-3-1-4-13(11-12)26-7-9-28-10-8-26/h1-6,11,24H,7-10H2,(H2,23,27). The van der Waals surface area contributed by atoms with Gasteiger partial charge in [-0.15, -0.1) is 0 Å². The normalized spacial score (nSPS) is 14.1. The molecule has 9 heteroatoms. The lowest BCUT2D eigenvalue weighted by Crippen LogP contribution is -2.36. The predicted molar refractivity (Wildman–Crippen MR) is 103 cm³/mol. The molecule has 1 amide bonds. The van der Waals surface area contributed by atoms with Gasteiger partial charge in [0.1, 0.15) is 17.2 Å². The van der Waals surface area contributed by atoms with E-state index in [1.165, 1.54) is 6.07 Å². The van der Waals surface area contributed by atoms with Gasteiger partial charge in [-0.1, -0.05) is 12.1 Å². The summed E-state index contributed by atoms with van der Waals surface area (Å²) in [5, 5.41) is 2.93. The zero-order valence-corrected chi connectivity index (χ0v) is 15.3. The number of ether oxygens (including phenoxy) is 1. The van der Waals surface area contributed by atoms with Crippen molar-refractivity contribution in [2.75, 3.05) is 36.5 Å². The van der Waals surface area contributed by atoms with Gasteiger partial charge in [0.15, 0.2) is 5.69 Å². The Morgan fingerprint density at radius 3 is 2.48 bits per heavy atom. The number of rotatable bonds is 5. The van der Waals surface area contributed by atoms with E-state index in [1.807, 2.05) is 18.2 Å². The van der Waals surface area contributed by atoms with Gasteiger partial charge >= 0.3 is 0 Å². The van der Waals surface area contributed by atoms with Crippen molar-refractivity contribution in [2.24, 2.45) is 5.73 Å². The summed E-state index contributed by atoms with van der Waals surface area (Å²) < 4.78 is 39.0. The number of anilines is 3. The summed E-state index contributed by atoms with van der Waals surface area (Å²) in [6.07, 6.45) is 0. The van der Waals surface area contributed by atoms with Crippen molar-refractivity contribution in [3.63, 3.8) is 0 Å². The molecule has 1 aromatic heterocycles. The molecule has 150 valence electrons. The minimum Gasteiger partial charge on any atom is -0.419 e. The molecule has 0 spiro atoms. The third kappa shape index (κ3) is 3.90. The maximum Gasteiger partial charge on any atom is 0.273 e. The maximum atomic E-state index is 14.1. The van der Waals surface area contributed by atoms with E-state index < -0.39 is 23.1 Å². The molecule has 29 heavy (non-hydrogen) atoms. The minimum atomic E-state index is -0.886. The quantitative estimate of drug-likeness (QED) is 0.683. The van der Waals surface area contributed by atoms with Crippen LogP contribution in [0.25, 0.3) is 11.5 Å². The van der Waals surface area contributed by atoms with Crippen LogP contribution >= 0.6 is 0 Å². The lowest BCUT2D eigenvalue weighted by Gasteiger charge is -2.29. The summed E-state index contributed by atoms with van der Waals surface area (Å²) in [5.74, 6) is -3.06. The van der Waals surface area contributed by atoms with Crippen LogP contribution in [0.5, 0.6) is 0 Å².